The summed E-state index contributed by atoms with van der Waals surface area (Å²) >= 11 is 0. The van der Waals surface area contributed by atoms with Crippen LogP contribution in [0.1, 0.15) is 108 Å². The van der Waals surface area contributed by atoms with Crippen molar-refractivity contribution in [2.45, 2.75) is 128 Å². The van der Waals surface area contributed by atoms with Crippen molar-refractivity contribution in [1.29, 1.82) is 0 Å². The Labute approximate surface area is 463 Å². The lowest BCUT2D eigenvalue weighted by Gasteiger charge is -2.58. The van der Waals surface area contributed by atoms with Gasteiger partial charge in [-0.15, -0.1) is 10.2 Å². The maximum Gasteiger partial charge on any atom is 0.319 e. The number of amides is 4. The maximum absolute atomic E-state index is 13.4. The first-order valence-corrected chi connectivity index (χ1v) is 28.7. The van der Waals surface area contributed by atoms with Crippen molar-refractivity contribution < 1.29 is 23.5 Å². The molecular formula is C60H80F2N14O3. The van der Waals surface area contributed by atoms with Crippen LogP contribution in [0.3, 0.4) is 0 Å². The normalized spacial score (nSPS) is 21.9. The van der Waals surface area contributed by atoms with Crippen molar-refractivity contribution in [3.8, 4) is 22.8 Å². The minimum Gasteiger partial charge on any atom is -0.390 e. The number of anilines is 2. The first-order chi connectivity index (χ1) is 38.2. The Balaban J connectivity index is 0.000000199. The third-order valence-electron chi connectivity index (χ3n) is 16.9. The van der Waals surface area contributed by atoms with Gasteiger partial charge in [-0.2, -0.15) is 0 Å². The zero-order valence-electron chi connectivity index (χ0n) is 46.4. The van der Waals surface area contributed by atoms with Crippen LogP contribution in [0.4, 0.5) is 29.7 Å². The molecule has 4 amide bonds. The van der Waals surface area contributed by atoms with Gasteiger partial charge in [0.1, 0.15) is 11.6 Å². The minimum absolute atomic E-state index is 0.143. The Morgan fingerprint density at radius 2 is 1.33 bits per heavy atom. The van der Waals surface area contributed by atoms with Crippen LogP contribution in [0.5, 0.6) is 0 Å². The highest BCUT2D eigenvalue weighted by atomic mass is 19.1. The molecule has 6 aromatic rings. The highest BCUT2D eigenvalue weighted by Crippen LogP contribution is 2.60. The van der Waals surface area contributed by atoms with Gasteiger partial charge in [-0.1, -0.05) is 56.2 Å². The van der Waals surface area contributed by atoms with Crippen molar-refractivity contribution in [3.05, 3.63) is 119 Å². The first kappa shape index (κ1) is 57.0. The van der Waals surface area contributed by atoms with E-state index in [9.17, 15) is 23.5 Å². The fourth-order valence-corrected chi connectivity index (χ4v) is 13.4. The summed E-state index contributed by atoms with van der Waals surface area (Å²) < 4.78 is 29.6. The Morgan fingerprint density at radius 3 is 1.95 bits per heavy atom. The molecule has 11 rings (SSSR count). The van der Waals surface area contributed by atoms with Gasteiger partial charge in [-0.05, 0) is 231 Å². The van der Waals surface area contributed by atoms with Crippen LogP contribution >= 0.6 is 0 Å². The average molecular weight is 1080 g/mol. The van der Waals surface area contributed by atoms with Gasteiger partial charge in [-0.3, -0.25) is 0 Å². The number of hydrogen-bond acceptors (Lipinski definition) is 11. The van der Waals surface area contributed by atoms with E-state index in [2.05, 4.69) is 69.5 Å². The van der Waals surface area contributed by atoms with E-state index in [4.69, 9.17) is 0 Å². The number of aryl methyl sites for hydroxylation is 5. The largest absolute Gasteiger partial charge is 0.390 e. The lowest BCUT2D eigenvalue weighted by atomic mass is 9.49. The van der Waals surface area contributed by atoms with Gasteiger partial charge in [0.2, 0.25) is 0 Å². The summed E-state index contributed by atoms with van der Waals surface area (Å²) in [6.07, 6.45) is 16.3. The number of aliphatic hydroxyl groups excluding tert-OH is 1. The lowest BCUT2D eigenvalue weighted by molar-refractivity contribution is -0.0737. The molecule has 5 aliphatic rings. The van der Waals surface area contributed by atoms with E-state index in [0.29, 0.717) is 40.9 Å². The van der Waals surface area contributed by atoms with Gasteiger partial charge >= 0.3 is 12.1 Å². The molecule has 0 radical (unpaired) electrons. The first-order valence-electron chi connectivity index (χ1n) is 28.7. The molecule has 79 heavy (non-hydrogen) atoms. The van der Waals surface area contributed by atoms with Gasteiger partial charge in [0.25, 0.3) is 0 Å². The molecule has 6 N–H and O–H groups in total. The summed E-state index contributed by atoms with van der Waals surface area (Å²) in [6.45, 7) is 8.06. The second-order valence-electron chi connectivity index (χ2n) is 23.1. The lowest BCUT2D eigenvalue weighted by Crippen LogP contribution is -2.54. The molecule has 0 unspecified atom stereocenters. The monoisotopic (exact) mass is 1080 g/mol. The molecule has 2 heterocycles. The zero-order chi connectivity index (χ0) is 55.3. The topological polar surface area (TPSA) is 205 Å². The molecule has 5 saturated carbocycles. The van der Waals surface area contributed by atoms with Gasteiger partial charge in [0.05, 0.1) is 12.1 Å². The van der Waals surface area contributed by atoms with Crippen LogP contribution in [-0.2, 0) is 33.4 Å². The van der Waals surface area contributed by atoms with Crippen molar-refractivity contribution in [3.63, 3.8) is 0 Å². The van der Waals surface area contributed by atoms with Gasteiger partial charge in [-0.25, -0.2) is 27.7 Å². The van der Waals surface area contributed by atoms with Gasteiger partial charge in [0.15, 0.2) is 11.6 Å². The molecule has 5 aliphatic carbocycles. The number of nitrogens with one attached hydrogen (secondary N) is 5. The van der Waals surface area contributed by atoms with Crippen LogP contribution in [0.2, 0.25) is 0 Å². The molecule has 4 aromatic carbocycles. The maximum atomic E-state index is 13.4. The van der Waals surface area contributed by atoms with Gasteiger partial charge in [0, 0.05) is 55.7 Å². The van der Waals surface area contributed by atoms with Gasteiger partial charge < -0.3 is 36.6 Å². The Kier molecular flexibility index (Phi) is 19.5. The predicted octanol–water partition coefficient (Wildman–Crippen LogP) is 9.52. The van der Waals surface area contributed by atoms with Crippen molar-refractivity contribution in [2.75, 3.05) is 43.4 Å². The molecule has 2 aromatic heterocycles. The van der Waals surface area contributed by atoms with Crippen LogP contribution in [-0.4, -0.2) is 113 Å². The highest BCUT2D eigenvalue weighted by Gasteiger charge is 2.51. The fraction of sp³-hybridized carbons (Fsp3) is 0.533. The van der Waals surface area contributed by atoms with Crippen molar-refractivity contribution in [1.82, 2.24) is 61.3 Å². The highest BCUT2D eigenvalue weighted by molar-refractivity contribution is 5.91. The summed E-state index contributed by atoms with van der Waals surface area (Å²) in [4.78, 5) is 28.3. The number of hydrogen-bond donors (Lipinski definition) is 6. The number of nitrogens with zero attached hydrogens (tertiary/aromatic N) is 9. The molecule has 19 heteroatoms. The number of benzene rings is 4. The molecule has 17 nitrogen and oxygen atoms in total. The van der Waals surface area contributed by atoms with Crippen LogP contribution in [0, 0.1) is 40.7 Å². The molecule has 0 spiro atoms. The number of rotatable bonds is 22. The summed E-state index contributed by atoms with van der Waals surface area (Å²) in [5.74, 6) is 3.85. The molecule has 0 saturated heterocycles. The van der Waals surface area contributed by atoms with Crippen molar-refractivity contribution in [2.24, 2.45) is 43.2 Å². The third kappa shape index (κ3) is 16.0. The molecule has 4 atom stereocenters. The van der Waals surface area contributed by atoms with Crippen LogP contribution in [0.15, 0.2) is 91.0 Å². The van der Waals surface area contributed by atoms with E-state index >= 15 is 0 Å². The SMILES string of the molecule is CCc1cc(NC(=O)N[C@H](C)[C@@H](O)CN(CCCc2ccc(F)cc2)CC23CC4CC(CC(C4)C2)C3)cc(-c2nnnn2C)c1.Cn1nnnc1-c1cccc(NC(=O)N[C@@H]2CCCC[C@H]2CNCCCc2ccc(F)cc2)c1. The standard InChI is InChI=1S/C35H48FN7O2.C25H32FN7O/c1-4-24-15-29(33-39-40-41-42(33)3)17-31(16-24)38-34(45)37-23(2)32(44)21-43(11-5-6-25-7-9-30(36)10-8-25)22-35-18-26-12-27(19-35)14-28(13-26)20-35;1-33-24(30-31-32-33)19-8-4-9-22(16-19)28-25(34)29-23-10-3-2-7-20(23)17-27-15-5-6-18-11-13-21(26)14-12-18/h7-10,15-17,23,26-28,32,44H,4-6,11-14,18-22H2,1-3H3,(H2,37,38,45);4,8-9,11-14,16,20,23,27H,2-3,5-7,10,15,17H2,1H3,(H2,28,29,34)/t23-,26?,27?,28?,32+,35?;20-,23+/m10/s1. The fourth-order valence-electron chi connectivity index (χ4n) is 13.4. The Morgan fingerprint density at radius 1 is 0.734 bits per heavy atom. The predicted molar refractivity (Wildman–Crippen MR) is 303 cm³/mol. The van der Waals surface area contributed by atoms with E-state index in [1.807, 2.05) is 73.7 Å². The number of halogens is 2. The van der Waals surface area contributed by atoms with Crippen molar-refractivity contribution >= 4 is 23.4 Å². The second-order valence-corrected chi connectivity index (χ2v) is 23.1. The zero-order valence-corrected chi connectivity index (χ0v) is 46.4. The van der Waals surface area contributed by atoms with E-state index in [1.54, 1.807) is 23.5 Å². The Bertz CT molecular complexity index is 2880. The average Bonchev–Trinajstić information content (AvgIpc) is 4.19. The Hall–Kier alpha value is -6.70. The molecule has 0 aliphatic heterocycles. The quantitative estimate of drug-likeness (QED) is 0.0353. The number of carbonyl (C=O) groups excluding carboxylic acids is 2. The summed E-state index contributed by atoms with van der Waals surface area (Å²) in [7, 11) is 3.56. The molecule has 4 bridgehead atoms. The third-order valence-corrected chi connectivity index (χ3v) is 16.9. The minimum atomic E-state index is -0.724. The number of tetrazole rings is 2. The smallest absolute Gasteiger partial charge is 0.319 e. The number of aliphatic hydroxyl groups is 1. The number of urea groups is 2. The second kappa shape index (κ2) is 27.0. The molecular weight excluding hydrogens is 1000 g/mol. The molecule has 422 valence electrons. The number of aromatic nitrogens is 8. The van der Waals surface area contributed by atoms with Crippen LogP contribution < -0.4 is 26.6 Å². The number of carbonyl (C=O) groups is 2. The van der Waals surface area contributed by atoms with E-state index in [-0.39, 0.29) is 29.7 Å². The summed E-state index contributed by atoms with van der Waals surface area (Å²) in [6, 6.07) is 26.0. The summed E-state index contributed by atoms with van der Waals surface area (Å²) in [5.41, 5.74) is 6.69. The van der Waals surface area contributed by atoms with E-state index in [1.165, 1.54) is 69.2 Å². The van der Waals surface area contributed by atoms with E-state index in [0.717, 1.165) is 123 Å². The summed E-state index contributed by atoms with van der Waals surface area (Å²) in [5, 5.41) is 50.4. The molecule has 5 fully saturated rings. The van der Waals surface area contributed by atoms with Crippen LogP contribution in [0.25, 0.3) is 22.8 Å². The van der Waals surface area contributed by atoms with E-state index < -0.39 is 12.1 Å².